The van der Waals surface area contributed by atoms with Crippen LogP contribution in [-0.2, 0) is 0 Å². The summed E-state index contributed by atoms with van der Waals surface area (Å²) in [7, 11) is 0. The van der Waals surface area contributed by atoms with Crippen LogP contribution in [-0.4, -0.2) is 34.6 Å². The Labute approximate surface area is 112 Å². The summed E-state index contributed by atoms with van der Waals surface area (Å²) in [5, 5.41) is 2.01. The summed E-state index contributed by atoms with van der Waals surface area (Å²) in [6, 6.07) is -0.641. The van der Waals surface area contributed by atoms with Crippen LogP contribution in [0.2, 0.25) is 0 Å². The molecule has 1 amide bonds. The molecule has 106 valence electrons. The smallest absolute Gasteiger partial charge is 0.325 e. The van der Waals surface area contributed by atoms with Crippen LogP contribution >= 0.6 is 11.3 Å². The second-order valence-electron chi connectivity index (χ2n) is 4.64. The van der Waals surface area contributed by atoms with Crippen molar-refractivity contribution < 1.29 is 18.0 Å². The topological polar surface area (TPSA) is 59.2 Å². The lowest BCUT2D eigenvalue weighted by atomic mass is 10.3. The molecule has 19 heavy (non-hydrogen) atoms. The second kappa shape index (κ2) is 5.09. The van der Waals surface area contributed by atoms with Crippen molar-refractivity contribution in [2.45, 2.75) is 38.0 Å². The van der Waals surface area contributed by atoms with Crippen LogP contribution in [0.5, 0.6) is 0 Å². The van der Waals surface area contributed by atoms with Gasteiger partial charge in [0.15, 0.2) is 0 Å². The minimum atomic E-state index is -4.39. The number of nitrogens with two attached hydrogens (primary N) is 1. The van der Waals surface area contributed by atoms with Gasteiger partial charge in [0.25, 0.3) is 5.91 Å². The Hall–Kier alpha value is -1.15. The molecule has 1 aliphatic carbocycles. The highest BCUT2D eigenvalue weighted by atomic mass is 32.1. The van der Waals surface area contributed by atoms with Crippen LogP contribution < -0.4 is 5.73 Å². The lowest BCUT2D eigenvalue weighted by Gasteiger charge is -2.22. The predicted molar refractivity (Wildman–Crippen MR) is 64.8 cm³/mol. The third kappa shape index (κ3) is 3.66. The molecule has 1 fully saturated rings. The summed E-state index contributed by atoms with van der Waals surface area (Å²) in [6.45, 7) is 0.489. The first kappa shape index (κ1) is 14.3. The number of hydrogen-bond donors (Lipinski definition) is 1. The van der Waals surface area contributed by atoms with Gasteiger partial charge in [-0.1, -0.05) is 0 Å². The zero-order chi connectivity index (χ0) is 14.2. The fourth-order valence-electron chi connectivity index (χ4n) is 1.69. The molecule has 1 aromatic heterocycles. The number of amides is 1. The third-order valence-electron chi connectivity index (χ3n) is 2.73. The molecular weight excluding hydrogens is 279 g/mol. The highest BCUT2D eigenvalue weighted by molar-refractivity contribution is 7.09. The number of aromatic nitrogens is 1. The monoisotopic (exact) mass is 293 g/mol. The first-order valence-corrected chi connectivity index (χ1v) is 6.74. The second-order valence-corrected chi connectivity index (χ2v) is 5.53. The quantitative estimate of drug-likeness (QED) is 0.927. The van der Waals surface area contributed by atoms with Crippen molar-refractivity contribution in [1.82, 2.24) is 9.88 Å². The number of thiazole rings is 1. The lowest BCUT2D eigenvalue weighted by Crippen LogP contribution is -2.40. The number of halogens is 3. The van der Waals surface area contributed by atoms with Gasteiger partial charge in [-0.15, -0.1) is 11.3 Å². The Morgan fingerprint density at radius 3 is 2.68 bits per heavy atom. The molecule has 1 atom stereocenters. The van der Waals surface area contributed by atoms with E-state index < -0.39 is 18.6 Å². The number of nitrogens with zero attached hydrogens (tertiary/aromatic N) is 2. The highest BCUT2D eigenvalue weighted by Crippen LogP contribution is 2.31. The van der Waals surface area contributed by atoms with E-state index in [4.69, 9.17) is 5.73 Å². The van der Waals surface area contributed by atoms with Gasteiger partial charge >= 0.3 is 6.18 Å². The molecule has 1 aromatic rings. The van der Waals surface area contributed by atoms with E-state index in [1.54, 1.807) is 6.92 Å². The summed E-state index contributed by atoms with van der Waals surface area (Å²) in [4.78, 5) is 16.9. The minimum absolute atomic E-state index is 0.0495. The van der Waals surface area contributed by atoms with Gasteiger partial charge in [-0.25, -0.2) is 4.98 Å². The Morgan fingerprint density at radius 1 is 1.63 bits per heavy atom. The molecular formula is C11H14F3N3OS. The molecule has 0 radical (unpaired) electrons. The molecule has 0 saturated heterocycles. The first-order chi connectivity index (χ1) is 8.78. The van der Waals surface area contributed by atoms with Gasteiger partial charge in [0, 0.05) is 11.4 Å². The molecule has 4 nitrogen and oxygen atoms in total. The molecule has 2 rings (SSSR count). The molecule has 1 unspecified atom stereocenters. The summed E-state index contributed by atoms with van der Waals surface area (Å²) in [5.41, 5.74) is 5.67. The highest BCUT2D eigenvalue weighted by Gasteiger charge is 2.41. The fourth-order valence-corrected chi connectivity index (χ4v) is 2.44. The van der Waals surface area contributed by atoms with E-state index >= 15 is 0 Å². The van der Waals surface area contributed by atoms with E-state index in [0.29, 0.717) is 17.8 Å². The maximum Gasteiger partial charge on any atom is 0.406 e. The average Bonchev–Trinajstić information content (AvgIpc) is 3.00. The van der Waals surface area contributed by atoms with Crippen LogP contribution in [0.3, 0.4) is 0 Å². The van der Waals surface area contributed by atoms with Crippen LogP contribution in [0.15, 0.2) is 5.38 Å². The van der Waals surface area contributed by atoms with Gasteiger partial charge < -0.3 is 10.6 Å². The summed E-state index contributed by atoms with van der Waals surface area (Å²) in [6.07, 6.45) is -3.16. The molecule has 0 aromatic carbocycles. The normalized spacial score (nSPS) is 17.3. The van der Waals surface area contributed by atoms with Crippen LogP contribution in [0.4, 0.5) is 13.2 Å². The molecule has 0 spiro atoms. The summed E-state index contributed by atoms with van der Waals surface area (Å²) < 4.78 is 37.4. The molecule has 0 aliphatic heterocycles. The van der Waals surface area contributed by atoms with E-state index in [1.807, 2.05) is 0 Å². The molecule has 1 saturated carbocycles. The van der Waals surface area contributed by atoms with Crippen molar-refractivity contribution in [3.63, 3.8) is 0 Å². The van der Waals surface area contributed by atoms with Crippen LogP contribution in [0.25, 0.3) is 0 Å². The van der Waals surface area contributed by atoms with Crippen molar-refractivity contribution in [2.24, 2.45) is 5.73 Å². The number of carbonyl (C=O) groups excluding carboxylic acids is 1. The third-order valence-corrected chi connectivity index (χ3v) is 3.77. The van der Waals surface area contributed by atoms with Gasteiger partial charge in [-0.3, -0.25) is 4.79 Å². The SMILES string of the molecule is CC(N)c1nc(C(=O)N(CC(F)(F)F)C2CC2)cs1. The number of carbonyl (C=O) groups is 1. The Bertz CT molecular complexity index is 468. The molecule has 1 aliphatic rings. The largest absolute Gasteiger partial charge is 0.406 e. The van der Waals surface area contributed by atoms with Gasteiger partial charge in [-0.2, -0.15) is 13.2 Å². The fraction of sp³-hybridized carbons (Fsp3) is 0.636. The van der Waals surface area contributed by atoms with Crippen molar-refractivity contribution in [2.75, 3.05) is 6.54 Å². The molecule has 1 heterocycles. The van der Waals surface area contributed by atoms with E-state index in [9.17, 15) is 18.0 Å². The minimum Gasteiger partial charge on any atom is -0.325 e. The Balaban J connectivity index is 2.14. The number of rotatable bonds is 4. The molecule has 2 N–H and O–H groups in total. The standard InChI is InChI=1S/C11H14F3N3OS/c1-6(15)9-16-8(4-19-9)10(18)17(7-2-3-7)5-11(12,13)14/h4,6-7H,2-3,5,15H2,1H3. The van der Waals surface area contributed by atoms with E-state index in [1.165, 1.54) is 16.7 Å². The lowest BCUT2D eigenvalue weighted by molar-refractivity contribution is -0.141. The summed E-state index contributed by atoms with van der Waals surface area (Å²) in [5.74, 6) is -0.664. The molecule has 8 heteroatoms. The zero-order valence-electron chi connectivity index (χ0n) is 10.3. The van der Waals surface area contributed by atoms with Crippen molar-refractivity contribution >= 4 is 17.2 Å². The van der Waals surface area contributed by atoms with Crippen molar-refractivity contribution in [1.29, 1.82) is 0 Å². The van der Waals surface area contributed by atoms with E-state index in [-0.39, 0.29) is 17.8 Å². The number of hydrogen-bond acceptors (Lipinski definition) is 4. The predicted octanol–water partition coefficient (Wildman–Crippen LogP) is 2.33. The first-order valence-electron chi connectivity index (χ1n) is 5.86. The summed E-state index contributed by atoms with van der Waals surface area (Å²) >= 11 is 1.19. The van der Waals surface area contributed by atoms with Gasteiger partial charge in [-0.05, 0) is 19.8 Å². The van der Waals surface area contributed by atoms with Gasteiger partial charge in [0.2, 0.25) is 0 Å². The maximum absolute atomic E-state index is 12.5. The maximum atomic E-state index is 12.5. The average molecular weight is 293 g/mol. The zero-order valence-corrected chi connectivity index (χ0v) is 11.1. The van der Waals surface area contributed by atoms with Crippen molar-refractivity contribution in [3.05, 3.63) is 16.1 Å². The Morgan fingerprint density at radius 2 is 2.26 bits per heavy atom. The Kier molecular flexibility index (Phi) is 3.82. The van der Waals surface area contributed by atoms with Crippen LogP contribution in [0, 0.1) is 0 Å². The van der Waals surface area contributed by atoms with Gasteiger partial charge in [0.1, 0.15) is 17.2 Å². The van der Waals surface area contributed by atoms with Crippen LogP contribution in [0.1, 0.15) is 41.3 Å². The van der Waals surface area contributed by atoms with E-state index in [0.717, 1.165) is 4.90 Å². The van der Waals surface area contributed by atoms with E-state index in [2.05, 4.69) is 4.98 Å². The molecule has 0 bridgehead atoms. The van der Waals surface area contributed by atoms with Gasteiger partial charge in [0.05, 0.1) is 6.04 Å². The van der Waals surface area contributed by atoms with Crippen molar-refractivity contribution in [3.8, 4) is 0 Å². The number of alkyl halides is 3.